The van der Waals surface area contributed by atoms with Crippen LogP contribution in [0.1, 0.15) is 0 Å². The molecule has 0 fully saturated rings. The molecule has 2 nitrogen and oxygen atoms in total. The van der Waals surface area contributed by atoms with Crippen molar-refractivity contribution in [1.29, 1.82) is 0 Å². The third-order valence-corrected chi connectivity index (χ3v) is 10.1. The van der Waals surface area contributed by atoms with Gasteiger partial charge in [-0.3, -0.25) is 4.98 Å². The molecule has 2 heterocycles. The van der Waals surface area contributed by atoms with Crippen LogP contribution >= 0.6 is 0 Å². The molecule has 0 spiro atoms. The summed E-state index contributed by atoms with van der Waals surface area (Å²) in [5, 5.41) is 9.37. The second kappa shape index (κ2) is 11.5. The highest BCUT2D eigenvalue weighted by atomic mass is 14.8. The summed E-state index contributed by atoms with van der Waals surface area (Å²) < 4.78 is 0. The molecule has 0 atom stereocenters. The molecule has 232 valence electrons. The average Bonchev–Trinajstić information content (AvgIpc) is 3.19. The number of pyridine rings is 2. The number of hydrogen-bond donors (Lipinski definition) is 0. The Labute approximate surface area is 290 Å². The number of fused-ring (bicyclic) bond motifs is 6. The van der Waals surface area contributed by atoms with Crippen molar-refractivity contribution >= 4 is 54.1 Å². The van der Waals surface area contributed by atoms with Gasteiger partial charge in [0, 0.05) is 22.5 Å². The molecule has 10 aromatic rings. The molecule has 0 N–H and O–H groups in total. The van der Waals surface area contributed by atoms with Crippen molar-refractivity contribution in [3.63, 3.8) is 0 Å². The SMILES string of the molecule is c1ccc(-c2ccc3c(-c4ccc5ccc6cccnc6c5n4)c4ccccc4c(-c4cc5ccccc5cc4-c4ccccc4)c3c2)cc1. The molecule has 50 heavy (non-hydrogen) atoms. The van der Waals surface area contributed by atoms with Gasteiger partial charge in [-0.25, -0.2) is 4.98 Å². The van der Waals surface area contributed by atoms with Gasteiger partial charge in [0.15, 0.2) is 0 Å². The van der Waals surface area contributed by atoms with Crippen LogP contribution < -0.4 is 0 Å². The van der Waals surface area contributed by atoms with Gasteiger partial charge in [-0.1, -0.05) is 146 Å². The van der Waals surface area contributed by atoms with Gasteiger partial charge in [0.1, 0.15) is 0 Å². The minimum atomic E-state index is 0.920. The van der Waals surface area contributed by atoms with Crippen molar-refractivity contribution < 1.29 is 0 Å². The molecule has 0 aliphatic rings. The molecule has 10 rings (SSSR count). The maximum absolute atomic E-state index is 5.40. The second-order valence-corrected chi connectivity index (χ2v) is 12.9. The Balaban J connectivity index is 1.36. The van der Waals surface area contributed by atoms with Gasteiger partial charge < -0.3 is 0 Å². The van der Waals surface area contributed by atoms with Gasteiger partial charge in [-0.15, -0.1) is 0 Å². The van der Waals surface area contributed by atoms with Gasteiger partial charge in [-0.05, 0) is 96.0 Å². The highest BCUT2D eigenvalue weighted by Crippen LogP contribution is 2.48. The monoisotopic (exact) mass is 634 g/mol. The molecule has 2 aromatic heterocycles. The van der Waals surface area contributed by atoms with Crippen molar-refractivity contribution in [2.45, 2.75) is 0 Å². The molecule has 0 saturated carbocycles. The second-order valence-electron chi connectivity index (χ2n) is 12.9. The Bertz CT molecular complexity index is 2910. The van der Waals surface area contributed by atoms with E-state index in [0.717, 1.165) is 33.1 Å². The highest BCUT2D eigenvalue weighted by Gasteiger charge is 2.21. The van der Waals surface area contributed by atoms with E-state index in [0.29, 0.717) is 0 Å². The first-order chi connectivity index (χ1) is 24.8. The molecule has 0 unspecified atom stereocenters. The first-order valence-electron chi connectivity index (χ1n) is 17.1. The summed E-state index contributed by atoms with van der Waals surface area (Å²) in [7, 11) is 0. The summed E-state index contributed by atoms with van der Waals surface area (Å²) in [6, 6.07) is 63.4. The van der Waals surface area contributed by atoms with Crippen molar-refractivity contribution in [3.8, 4) is 44.6 Å². The van der Waals surface area contributed by atoms with Gasteiger partial charge >= 0.3 is 0 Å². The fourth-order valence-electron chi connectivity index (χ4n) is 7.72. The molecule has 8 aromatic carbocycles. The van der Waals surface area contributed by atoms with E-state index in [1.54, 1.807) is 0 Å². The van der Waals surface area contributed by atoms with E-state index in [9.17, 15) is 0 Å². The lowest BCUT2D eigenvalue weighted by Crippen LogP contribution is -1.95. The highest BCUT2D eigenvalue weighted by molar-refractivity contribution is 6.23. The van der Waals surface area contributed by atoms with Crippen LogP contribution in [0.25, 0.3) is 98.8 Å². The van der Waals surface area contributed by atoms with E-state index >= 15 is 0 Å². The number of hydrogen-bond acceptors (Lipinski definition) is 2. The zero-order valence-corrected chi connectivity index (χ0v) is 27.2. The molecule has 0 aliphatic carbocycles. The predicted molar refractivity (Wildman–Crippen MR) is 211 cm³/mol. The largest absolute Gasteiger partial charge is 0.254 e. The summed E-state index contributed by atoms with van der Waals surface area (Å²) in [5.74, 6) is 0. The maximum Gasteiger partial charge on any atom is 0.0972 e. The van der Waals surface area contributed by atoms with Crippen molar-refractivity contribution in [3.05, 3.63) is 182 Å². The van der Waals surface area contributed by atoms with E-state index in [-0.39, 0.29) is 0 Å². The predicted octanol–water partition coefficient (Wildman–Crippen LogP) is 12.9. The summed E-state index contributed by atoms with van der Waals surface area (Å²) in [6.45, 7) is 0. The minimum absolute atomic E-state index is 0.920. The van der Waals surface area contributed by atoms with Crippen LogP contribution in [0.5, 0.6) is 0 Å². The van der Waals surface area contributed by atoms with E-state index in [1.807, 2.05) is 12.3 Å². The standard InChI is InChI=1S/C48H30N2/c1-3-12-31(13-4-1)37-23-25-40-42(30-37)45(43-29-36-17-8-7-16-35(36)28-41(43)32-14-5-2-6-15-32)38-19-9-10-20-39(38)46(40)44-26-24-34-22-21-33-18-11-27-49-47(33)48(34)50-44/h1-30H. The van der Waals surface area contributed by atoms with Crippen LogP contribution in [0.15, 0.2) is 182 Å². The summed E-state index contributed by atoms with van der Waals surface area (Å²) >= 11 is 0. The molecule has 2 heteroatoms. The van der Waals surface area contributed by atoms with Crippen LogP contribution in [-0.2, 0) is 0 Å². The number of aromatic nitrogens is 2. The zero-order chi connectivity index (χ0) is 33.0. The van der Waals surface area contributed by atoms with Crippen LogP contribution in [0.4, 0.5) is 0 Å². The maximum atomic E-state index is 5.40. The van der Waals surface area contributed by atoms with E-state index < -0.39 is 0 Å². The van der Waals surface area contributed by atoms with Gasteiger partial charge in [0.05, 0.1) is 16.7 Å². The Morgan fingerprint density at radius 1 is 0.320 bits per heavy atom. The van der Waals surface area contributed by atoms with E-state index in [2.05, 4.69) is 170 Å². The average molecular weight is 635 g/mol. The number of benzene rings is 8. The van der Waals surface area contributed by atoms with E-state index in [4.69, 9.17) is 9.97 Å². The Kier molecular flexibility index (Phi) is 6.53. The third kappa shape index (κ3) is 4.57. The zero-order valence-electron chi connectivity index (χ0n) is 27.2. The lowest BCUT2D eigenvalue weighted by Gasteiger charge is -2.21. The van der Waals surface area contributed by atoms with Crippen molar-refractivity contribution in [2.24, 2.45) is 0 Å². The smallest absolute Gasteiger partial charge is 0.0972 e. The lowest BCUT2D eigenvalue weighted by molar-refractivity contribution is 1.38. The first kappa shape index (κ1) is 28.4. The van der Waals surface area contributed by atoms with Crippen LogP contribution in [0, 0.1) is 0 Å². The quantitative estimate of drug-likeness (QED) is 0.142. The summed E-state index contributed by atoms with van der Waals surface area (Å²) in [4.78, 5) is 10.2. The van der Waals surface area contributed by atoms with Crippen molar-refractivity contribution in [1.82, 2.24) is 9.97 Å². The van der Waals surface area contributed by atoms with Crippen LogP contribution in [-0.4, -0.2) is 9.97 Å². The van der Waals surface area contributed by atoms with Crippen molar-refractivity contribution in [2.75, 3.05) is 0 Å². The fourth-order valence-corrected chi connectivity index (χ4v) is 7.72. The van der Waals surface area contributed by atoms with Crippen LogP contribution in [0.3, 0.4) is 0 Å². The minimum Gasteiger partial charge on any atom is -0.254 e. The summed E-state index contributed by atoms with van der Waals surface area (Å²) in [5.41, 5.74) is 11.2. The Morgan fingerprint density at radius 2 is 0.900 bits per heavy atom. The fraction of sp³-hybridized carbons (Fsp3) is 0. The first-order valence-corrected chi connectivity index (χ1v) is 17.1. The number of rotatable bonds is 4. The summed E-state index contributed by atoms with van der Waals surface area (Å²) in [6.07, 6.45) is 1.86. The molecule has 0 saturated heterocycles. The number of nitrogens with zero attached hydrogens (tertiary/aromatic N) is 2. The van der Waals surface area contributed by atoms with Gasteiger partial charge in [-0.2, -0.15) is 0 Å². The molecule has 0 bridgehead atoms. The normalized spacial score (nSPS) is 11.6. The van der Waals surface area contributed by atoms with E-state index in [1.165, 1.54) is 65.7 Å². The Morgan fingerprint density at radius 3 is 1.66 bits per heavy atom. The molecule has 0 amide bonds. The third-order valence-electron chi connectivity index (χ3n) is 10.1. The van der Waals surface area contributed by atoms with Gasteiger partial charge in [0.25, 0.3) is 0 Å². The lowest BCUT2D eigenvalue weighted by atomic mass is 9.83. The Hall–Kier alpha value is -6.64. The molecule has 0 radical (unpaired) electrons. The molecular weight excluding hydrogens is 605 g/mol. The molecule has 0 aliphatic heterocycles. The topological polar surface area (TPSA) is 25.8 Å². The van der Waals surface area contributed by atoms with Gasteiger partial charge in [0.2, 0.25) is 0 Å². The molecular formula is C48H30N2. The van der Waals surface area contributed by atoms with Crippen LogP contribution in [0.2, 0.25) is 0 Å².